The number of thiazole rings is 1. The van der Waals surface area contributed by atoms with Gasteiger partial charge in [-0.25, -0.2) is 9.78 Å². The molecule has 0 saturated heterocycles. The van der Waals surface area contributed by atoms with Gasteiger partial charge in [-0.15, -0.1) is 23.7 Å². The lowest BCUT2D eigenvalue weighted by Crippen LogP contribution is -2.03. The number of hydrogen-bond donors (Lipinski definition) is 0. The molecule has 0 saturated carbocycles. The molecule has 0 aromatic carbocycles. The lowest BCUT2D eigenvalue weighted by atomic mass is 10.3. The minimum atomic E-state index is -0.308. The van der Waals surface area contributed by atoms with Crippen molar-refractivity contribution >= 4 is 29.7 Å². The molecule has 2 aromatic rings. The van der Waals surface area contributed by atoms with E-state index in [1.807, 2.05) is 19.1 Å². The van der Waals surface area contributed by atoms with Crippen LogP contribution in [0.5, 0.6) is 0 Å². The molecule has 0 amide bonds. The lowest BCUT2D eigenvalue weighted by molar-refractivity contribution is 0.0531. The summed E-state index contributed by atoms with van der Waals surface area (Å²) in [5.74, 6) is -0.308. The number of esters is 1. The number of nitrogens with zero attached hydrogens (tertiary/aromatic N) is 2. The smallest absolute Gasteiger partial charge is 0.350 e. The largest absolute Gasteiger partial charge is 0.462 e. The topological polar surface area (TPSA) is 52.1 Å². The van der Waals surface area contributed by atoms with Crippen LogP contribution in [-0.4, -0.2) is 22.5 Å². The van der Waals surface area contributed by atoms with Crippen LogP contribution in [0.1, 0.15) is 22.3 Å². The van der Waals surface area contributed by atoms with E-state index in [-0.39, 0.29) is 18.4 Å². The van der Waals surface area contributed by atoms with Gasteiger partial charge in [0.2, 0.25) is 0 Å². The second kappa shape index (κ2) is 6.47. The lowest BCUT2D eigenvalue weighted by Gasteiger charge is -1.97. The summed E-state index contributed by atoms with van der Waals surface area (Å²) < 4.78 is 4.97. The van der Waals surface area contributed by atoms with Gasteiger partial charge < -0.3 is 4.74 Å². The zero-order chi connectivity index (χ0) is 12.3. The Morgan fingerprint density at radius 3 is 2.89 bits per heavy atom. The van der Waals surface area contributed by atoms with Crippen LogP contribution in [0.2, 0.25) is 0 Å². The summed E-state index contributed by atoms with van der Waals surface area (Å²) in [6.45, 7) is 3.97. The molecule has 0 bridgehead atoms. The summed E-state index contributed by atoms with van der Waals surface area (Å²) in [5, 5.41) is 0.790. The molecule has 96 valence electrons. The van der Waals surface area contributed by atoms with Crippen LogP contribution >= 0.6 is 23.7 Å². The highest BCUT2D eigenvalue weighted by Crippen LogP contribution is 2.27. The third-order valence-corrected chi connectivity index (χ3v) is 3.35. The molecule has 6 heteroatoms. The predicted molar refractivity (Wildman–Crippen MR) is 73.3 cm³/mol. The zero-order valence-electron chi connectivity index (χ0n) is 10.0. The minimum Gasteiger partial charge on any atom is -0.462 e. The van der Waals surface area contributed by atoms with Crippen molar-refractivity contribution in [3.8, 4) is 10.6 Å². The maximum atomic E-state index is 11.6. The van der Waals surface area contributed by atoms with Gasteiger partial charge in [0.1, 0.15) is 9.88 Å². The second-order valence-electron chi connectivity index (χ2n) is 3.40. The highest BCUT2D eigenvalue weighted by molar-refractivity contribution is 7.17. The fraction of sp³-hybridized carbons (Fsp3) is 0.250. The van der Waals surface area contributed by atoms with Gasteiger partial charge in [-0.2, -0.15) is 0 Å². The average molecular weight is 285 g/mol. The molecule has 0 N–H and O–H groups in total. The van der Waals surface area contributed by atoms with Crippen LogP contribution in [0, 0.1) is 6.92 Å². The molecule has 0 fully saturated rings. The van der Waals surface area contributed by atoms with E-state index >= 15 is 0 Å². The van der Waals surface area contributed by atoms with E-state index in [4.69, 9.17) is 4.74 Å². The van der Waals surface area contributed by atoms with Crippen LogP contribution in [-0.2, 0) is 4.74 Å². The first kappa shape index (κ1) is 14.6. The van der Waals surface area contributed by atoms with Crippen molar-refractivity contribution in [3.05, 3.63) is 35.1 Å². The average Bonchev–Trinajstić information content (AvgIpc) is 2.73. The third-order valence-electron chi connectivity index (χ3n) is 2.17. The number of ether oxygens (including phenoxy) is 1. The normalized spacial score (nSPS) is 9.67. The van der Waals surface area contributed by atoms with Crippen molar-refractivity contribution in [2.24, 2.45) is 0 Å². The van der Waals surface area contributed by atoms with E-state index in [0.717, 1.165) is 10.6 Å². The Bertz CT molecular complexity index is 528. The molecule has 18 heavy (non-hydrogen) atoms. The van der Waals surface area contributed by atoms with E-state index in [1.54, 1.807) is 19.3 Å². The van der Waals surface area contributed by atoms with Gasteiger partial charge in [-0.05, 0) is 26.0 Å². The number of hydrogen-bond acceptors (Lipinski definition) is 5. The molecular weight excluding hydrogens is 272 g/mol. The summed E-state index contributed by atoms with van der Waals surface area (Å²) >= 11 is 1.33. The van der Waals surface area contributed by atoms with Gasteiger partial charge in [0, 0.05) is 18.0 Å². The Hall–Kier alpha value is -1.46. The molecule has 4 nitrogen and oxygen atoms in total. The van der Waals surface area contributed by atoms with Crippen molar-refractivity contribution in [1.82, 2.24) is 9.97 Å². The Morgan fingerprint density at radius 1 is 1.50 bits per heavy atom. The Balaban J connectivity index is 0.00000162. The van der Waals surface area contributed by atoms with Crippen LogP contribution in [0.3, 0.4) is 0 Å². The number of halogens is 1. The maximum absolute atomic E-state index is 11.6. The molecule has 0 aliphatic rings. The number of pyridine rings is 1. The Morgan fingerprint density at radius 2 is 2.28 bits per heavy atom. The monoisotopic (exact) mass is 284 g/mol. The Labute approximate surface area is 115 Å². The molecular formula is C12H13ClN2O2S. The number of aromatic nitrogens is 2. The Kier molecular flexibility index (Phi) is 5.25. The van der Waals surface area contributed by atoms with Gasteiger partial charge in [0.25, 0.3) is 0 Å². The van der Waals surface area contributed by atoms with Crippen molar-refractivity contribution in [2.45, 2.75) is 13.8 Å². The van der Waals surface area contributed by atoms with Gasteiger partial charge >= 0.3 is 5.97 Å². The first-order chi connectivity index (χ1) is 8.22. The number of rotatable bonds is 3. The van der Waals surface area contributed by atoms with Crippen molar-refractivity contribution in [1.29, 1.82) is 0 Å². The fourth-order valence-electron chi connectivity index (χ4n) is 1.40. The molecule has 0 atom stereocenters. The summed E-state index contributed by atoms with van der Waals surface area (Å²) in [5.41, 5.74) is 1.61. The molecule has 0 radical (unpaired) electrons. The molecule has 2 heterocycles. The minimum absolute atomic E-state index is 0. The van der Waals surface area contributed by atoms with Crippen molar-refractivity contribution < 1.29 is 9.53 Å². The van der Waals surface area contributed by atoms with Crippen molar-refractivity contribution in [3.63, 3.8) is 0 Å². The summed E-state index contributed by atoms with van der Waals surface area (Å²) in [6, 6.07) is 3.76. The molecule has 2 aromatic heterocycles. The number of aryl methyl sites for hydroxylation is 1. The van der Waals surface area contributed by atoms with Gasteiger partial charge in [-0.3, -0.25) is 4.98 Å². The maximum Gasteiger partial charge on any atom is 0.350 e. The van der Waals surface area contributed by atoms with Gasteiger partial charge in [0.05, 0.1) is 12.3 Å². The van der Waals surface area contributed by atoms with E-state index in [1.165, 1.54) is 11.3 Å². The van der Waals surface area contributed by atoms with Crippen LogP contribution < -0.4 is 0 Å². The van der Waals surface area contributed by atoms with Crippen LogP contribution in [0.15, 0.2) is 24.5 Å². The highest BCUT2D eigenvalue weighted by Gasteiger charge is 2.16. The molecule has 0 spiro atoms. The molecule has 0 unspecified atom stereocenters. The molecule has 0 aliphatic heterocycles. The van der Waals surface area contributed by atoms with E-state index in [9.17, 15) is 4.79 Å². The molecule has 0 aliphatic carbocycles. The number of carbonyl (C=O) groups excluding carboxylic acids is 1. The molecule has 2 rings (SSSR count). The fourth-order valence-corrected chi connectivity index (χ4v) is 2.35. The standard InChI is InChI=1S/C12H12N2O2S.ClH/c1-3-16-12(15)10-8(2)14-11(17-10)9-5-4-6-13-7-9;/h4-7H,3H2,1-2H3;1H. The van der Waals surface area contributed by atoms with Gasteiger partial charge in [-0.1, -0.05) is 0 Å². The van der Waals surface area contributed by atoms with Crippen molar-refractivity contribution in [2.75, 3.05) is 6.61 Å². The van der Waals surface area contributed by atoms with Crippen LogP contribution in [0.25, 0.3) is 10.6 Å². The zero-order valence-corrected chi connectivity index (χ0v) is 11.7. The first-order valence-electron chi connectivity index (χ1n) is 5.27. The van der Waals surface area contributed by atoms with E-state index < -0.39 is 0 Å². The highest BCUT2D eigenvalue weighted by atomic mass is 35.5. The van der Waals surface area contributed by atoms with Gasteiger partial charge in [0.15, 0.2) is 0 Å². The van der Waals surface area contributed by atoms with E-state index in [2.05, 4.69) is 9.97 Å². The summed E-state index contributed by atoms with van der Waals surface area (Å²) in [6.07, 6.45) is 3.43. The van der Waals surface area contributed by atoms with Crippen LogP contribution in [0.4, 0.5) is 0 Å². The quantitative estimate of drug-likeness (QED) is 0.813. The summed E-state index contributed by atoms with van der Waals surface area (Å²) in [7, 11) is 0. The van der Waals surface area contributed by atoms with E-state index in [0.29, 0.717) is 17.2 Å². The SMILES string of the molecule is CCOC(=O)c1sc(-c2cccnc2)nc1C.Cl. The first-order valence-corrected chi connectivity index (χ1v) is 6.09. The summed E-state index contributed by atoms with van der Waals surface area (Å²) in [4.78, 5) is 20.6. The predicted octanol–water partition coefficient (Wildman–Crippen LogP) is 3.11. The number of carbonyl (C=O) groups is 1. The second-order valence-corrected chi connectivity index (χ2v) is 4.39. The third kappa shape index (κ3) is 3.05.